The molecule has 2 rings (SSSR count). The molecule has 1 saturated heterocycles. The largest absolute Gasteiger partial charge is 0.459 e. The van der Waals surface area contributed by atoms with E-state index in [2.05, 4.69) is 31.9 Å². The number of carbonyl (C=O) groups excluding carboxylic acids is 1. The fourth-order valence-electron chi connectivity index (χ4n) is 3.93. The van der Waals surface area contributed by atoms with E-state index < -0.39 is 39.9 Å². The van der Waals surface area contributed by atoms with E-state index in [1.165, 1.54) is 6.92 Å². The third kappa shape index (κ3) is 3.79. The number of carbonyl (C=O) groups is 1. The topological polar surface area (TPSA) is 76.0 Å². The Morgan fingerprint density at radius 3 is 2.28 bits per heavy atom. The maximum Gasteiger partial charge on any atom is 0.303 e. The van der Waals surface area contributed by atoms with Crippen LogP contribution in [0, 0.1) is 0 Å². The number of aliphatic hydroxyl groups is 2. The van der Waals surface area contributed by atoms with E-state index in [9.17, 15) is 15.0 Å². The van der Waals surface area contributed by atoms with Gasteiger partial charge in [0.1, 0.15) is 17.3 Å². The van der Waals surface area contributed by atoms with Crippen LogP contribution in [-0.4, -0.2) is 59.7 Å². The summed E-state index contributed by atoms with van der Waals surface area (Å²) in [7, 11) is 0. The van der Waals surface area contributed by atoms with E-state index in [0.29, 0.717) is 6.42 Å². The van der Waals surface area contributed by atoms with Crippen LogP contribution >= 0.6 is 43.5 Å². The molecule has 2 fully saturated rings. The summed E-state index contributed by atoms with van der Waals surface area (Å²) in [5.74, 6) is -0.453. The molecule has 0 aromatic carbocycles. The predicted octanol–water partition coefficient (Wildman–Crippen LogP) is 3.29. The van der Waals surface area contributed by atoms with Crippen molar-refractivity contribution >= 4 is 49.4 Å². The average molecular weight is 507 g/mol. The molecule has 0 aromatic heterocycles. The zero-order valence-electron chi connectivity index (χ0n) is 15.2. The zero-order valence-corrected chi connectivity index (χ0v) is 19.1. The monoisotopic (exact) mass is 504 g/mol. The molecular formula is C17H27Br2ClO5. The summed E-state index contributed by atoms with van der Waals surface area (Å²) in [4.78, 5) is 10.6. The van der Waals surface area contributed by atoms with Crippen LogP contribution in [0.4, 0.5) is 0 Å². The zero-order chi connectivity index (χ0) is 19.4. The molecule has 5 nitrogen and oxygen atoms in total. The summed E-state index contributed by atoms with van der Waals surface area (Å²) in [6, 6.07) is 0. The third-order valence-corrected chi connectivity index (χ3v) is 9.21. The molecular weight excluding hydrogens is 479 g/mol. The van der Waals surface area contributed by atoms with Gasteiger partial charge in [0.05, 0.1) is 16.6 Å². The SMILES string of the molecule is CC(=O)O[C@@H]1C[C@@H](Br)C(C)(C)O[C@]1(C)[C@]1(O)C[C@H](Br)[C@@](C)(Cl)C[C@@H]1O. The van der Waals surface area contributed by atoms with Crippen LogP contribution < -0.4 is 0 Å². The molecule has 8 heteroatoms. The fourth-order valence-corrected chi connectivity index (χ4v) is 5.27. The third-order valence-electron chi connectivity index (χ3n) is 5.72. The van der Waals surface area contributed by atoms with E-state index in [4.69, 9.17) is 21.1 Å². The molecule has 1 heterocycles. The predicted molar refractivity (Wildman–Crippen MR) is 104 cm³/mol. The average Bonchev–Trinajstić information content (AvgIpc) is 2.41. The lowest BCUT2D eigenvalue weighted by molar-refractivity contribution is -0.311. The molecule has 0 radical (unpaired) electrons. The van der Waals surface area contributed by atoms with Crippen LogP contribution in [0.5, 0.6) is 0 Å². The summed E-state index contributed by atoms with van der Waals surface area (Å²) in [6.07, 6.45) is -1.00. The Bertz CT molecular complexity index is 543. The summed E-state index contributed by atoms with van der Waals surface area (Å²) in [5, 5.41) is 22.4. The number of alkyl halides is 3. The van der Waals surface area contributed by atoms with Crippen LogP contribution in [0.1, 0.15) is 53.9 Å². The number of aliphatic hydroxyl groups excluding tert-OH is 1. The van der Waals surface area contributed by atoms with Gasteiger partial charge in [0.15, 0.2) is 0 Å². The van der Waals surface area contributed by atoms with Gasteiger partial charge in [-0.2, -0.15) is 0 Å². The first-order valence-electron chi connectivity index (χ1n) is 8.40. The van der Waals surface area contributed by atoms with E-state index in [0.717, 1.165) is 0 Å². The highest BCUT2D eigenvalue weighted by molar-refractivity contribution is 9.09. The Kier molecular flexibility index (Phi) is 6.03. The molecule has 25 heavy (non-hydrogen) atoms. The van der Waals surface area contributed by atoms with Crippen LogP contribution in [0.25, 0.3) is 0 Å². The van der Waals surface area contributed by atoms with Crippen molar-refractivity contribution in [3.05, 3.63) is 0 Å². The summed E-state index contributed by atoms with van der Waals surface area (Å²) >= 11 is 13.6. The van der Waals surface area contributed by atoms with Crippen LogP contribution in [0.3, 0.4) is 0 Å². The highest BCUT2D eigenvalue weighted by Crippen LogP contribution is 2.53. The second-order valence-electron chi connectivity index (χ2n) is 8.21. The Morgan fingerprint density at radius 1 is 1.20 bits per heavy atom. The smallest absolute Gasteiger partial charge is 0.303 e. The van der Waals surface area contributed by atoms with E-state index in [-0.39, 0.29) is 22.5 Å². The molecule has 0 unspecified atom stereocenters. The van der Waals surface area contributed by atoms with E-state index in [1.54, 1.807) is 6.92 Å². The normalized spacial score (nSPS) is 50.3. The maximum absolute atomic E-state index is 11.6. The first-order valence-corrected chi connectivity index (χ1v) is 10.6. The number of hydrogen-bond donors (Lipinski definition) is 2. The quantitative estimate of drug-likeness (QED) is 0.444. The molecule has 7 atom stereocenters. The summed E-state index contributed by atoms with van der Waals surface area (Å²) < 4.78 is 11.8. The fraction of sp³-hybridized carbons (Fsp3) is 0.941. The molecule has 2 aliphatic rings. The maximum atomic E-state index is 11.6. The molecule has 0 bridgehead atoms. The van der Waals surface area contributed by atoms with Gasteiger partial charge in [-0.1, -0.05) is 31.9 Å². The lowest BCUT2D eigenvalue weighted by Crippen LogP contribution is -2.75. The minimum Gasteiger partial charge on any atom is -0.459 e. The van der Waals surface area contributed by atoms with Gasteiger partial charge >= 0.3 is 5.97 Å². The number of ether oxygens (including phenoxy) is 2. The molecule has 146 valence electrons. The molecule has 1 aliphatic carbocycles. The molecule has 0 spiro atoms. The minimum atomic E-state index is -1.62. The number of esters is 1. The highest BCUT2D eigenvalue weighted by Gasteiger charge is 2.66. The standard InChI is InChI=1S/C17H27Br2ClO5/c1-9(21)24-13-6-10(18)14(2,3)25-16(13,5)17(23)7-11(19)15(4,20)8-12(17)22/h10-13,22-23H,6-8H2,1-5H3/t10-,11+,12+,13-,15+,16+,17+/m1/s1. The summed E-state index contributed by atoms with van der Waals surface area (Å²) in [5.41, 5.74) is -3.53. The van der Waals surface area contributed by atoms with Gasteiger partial charge in [-0.15, -0.1) is 11.6 Å². The van der Waals surface area contributed by atoms with Gasteiger partial charge < -0.3 is 19.7 Å². The Hall–Kier alpha value is 0.600. The summed E-state index contributed by atoms with van der Waals surface area (Å²) in [6.45, 7) is 8.67. The van der Waals surface area contributed by atoms with Crippen molar-refractivity contribution in [2.75, 3.05) is 0 Å². The van der Waals surface area contributed by atoms with Crippen molar-refractivity contribution in [1.29, 1.82) is 0 Å². The van der Waals surface area contributed by atoms with E-state index >= 15 is 0 Å². The molecule has 0 amide bonds. The molecule has 2 N–H and O–H groups in total. The van der Waals surface area contributed by atoms with Crippen molar-refractivity contribution in [2.24, 2.45) is 0 Å². The van der Waals surface area contributed by atoms with Gasteiger partial charge in [-0.3, -0.25) is 4.79 Å². The Balaban J connectivity index is 2.47. The van der Waals surface area contributed by atoms with Crippen LogP contribution in [-0.2, 0) is 14.3 Å². The highest BCUT2D eigenvalue weighted by atomic mass is 79.9. The van der Waals surface area contributed by atoms with Crippen molar-refractivity contribution in [1.82, 2.24) is 0 Å². The molecule has 1 saturated carbocycles. The first kappa shape index (κ1) is 21.9. The van der Waals surface area contributed by atoms with Crippen molar-refractivity contribution < 1.29 is 24.5 Å². The van der Waals surface area contributed by atoms with Gasteiger partial charge in [0, 0.05) is 23.0 Å². The second kappa shape index (κ2) is 6.89. The van der Waals surface area contributed by atoms with Crippen molar-refractivity contribution in [2.45, 2.75) is 97.4 Å². The van der Waals surface area contributed by atoms with Crippen LogP contribution in [0.2, 0.25) is 0 Å². The van der Waals surface area contributed by atoms with E-state index in [1.807, 2.05) is 20.8 Å². The lowest BCUT2D eigenvalue weighted by atomic mass is 9.64. The lowest BCUT2D eigenvalue weighted by Gasteiger charge is -2.60. The first-order chi connectivity index (χ1) is 11.2. The van der Waals surface area contributed by atoms with Gasteiger partial charge in [0.25, 0.3) is 0 Å². The number of hydrogen-bond acceptors (Lipinski definition) is 5. The van der Waals surface area contributed by atoms with Crippen molar-refractivity contribution in [3.8, 4) is 0 Å². The number of halogens is 3. The van der Waals surface area contributed by atoms with Gasteiger partial charge in [0.2, 0.25) is 0 Å². The minimum absolute atomic E-state index is 0.0696. The number of rotatable bonds is 2. The van der Waals surface area contributed by atoms with Gasteiger partial charge in [-0.25, -0.2) is 0 Å². The van der Waals surface area contributed by atoms with Gasteiger partial charge in [-0.05, 0) is 40.5 Å². The Morgan fingerprint density at radius 2 is 1.76 bits per heavy atom. The van der Waals surface area contributed by atoms with Crippen molar-refractivity contribution in [3.63, 3.8) is 0 Å². The molecule has 1 aliphatic heterocycles. The Labute approximate surface area is 171 Å². The van der Waals surface area contributed by atoms with Crippen LogP contribution in [0.15, 0.2) is 0 Å². The molecule has 0 aromatic rings. The second-order valence-corrected chi connectivity index (χ2v) is 11.3.